The third-order valence-electron chi connectivity index (χ3n) is 5.34. The van der Waals surface area contributed by atoms with E-state index < -0.39 is 0 Å². The molecule has 0 saturated carbocycles. The van der Waals surface area contributed by atoms with E-state index in [-0.39, 0.29) is 11.6 Å². The Labute approximate surface area is 159 Å². The van der Waals surface area contributed by atoms with Crippen molar-refractivity contribution in [3.05, 3.63) is 24.2 Å². The second-order valence-electron chi connectivity index (χ2n) is 7.91. The van der Waals surface area contributed by atoms with Crippen LogP contribution in [0.1, 0.15) is 51.8 Å². The highest BCUT2D eigenvalue weighted by Crippen LogP contribution is 2.24. The molecule has 0 radical (unpaired) electrons. The lowest BCUT2D eigenvalue weighted by molar-refractivity contribution is 0.146. The Kier molecular flexibility index (Phi) is 7.97. The van der Waals surface area contributed by atoms with Crippen LogP contribution in [0.3, 0.4) is 0 Å². The van der Waals surface area contributed by atoms with E-state index in [0.717, 1.165) is 44.4 Å². The van der Waals surface area contributed by atoms with E-state index in [1.54, 1.807) is 6.26 Å². The highest BCUT2D eigenvalue weighted by Gasteiger charge is 2.25. The highest BCUT2D eigenvalue weighted by molar-refractivity contribution is 5.79. The molecular weight excluding hydrogens is 326 g/mol. The van der Waals surface area contributed by atoms with Gasteiger partial charge in [-0.25, -0.2) is 0 Å². The lowest BCUT2D eigenvalue weighted by atomic mass is 10.1. The molecule has 6 nitrogen and oxygen atoms in total. The van der Waals surface area contributed by atoms with Gasteiger partial charge in [0.25, 0.3) is 0 Å². The zero-order valence-electron chi connectivity index (χ0n) is 17.2. The van der Waals surface area contributed by atoms with Crippen LogP contribution in [-0.4, -0.2) is 68.1 Å². The van der Waals surface area contributed by atoms with Crippen LogP contribution in [0, 0.1) is 0 Å². The van der Waals surface area contributed by atoms with Crippen molar-refractivity contribution in [3.63, 3.8) is 0 Å². The van der Waals surface area contributed by atoms with Crippen molar-refractivity contribution in [2.24, 2.45) is 4.99 Å². The molecule has 1 aromatic heterocycles. The van der Waals surface area contributed by atoms with Gasteiger partial charge in [0.15, 0.2) is 5.96 Å². The van der Waals surface area contributed by atoms with Gasteiger partial charge >= 0.3 is 0 Å². The highest BCUT2D eigenvalue weighted by atomic mass is 16.3. The van der Waals surface area contributed by atoms with Crippen molar-refractivity contribution in [2.75, 3.05) is 46.8 Å². The number of nitrogens with one attached hydrogen (secondary N) is 2. The number of rotatable bonds is 8. The summed E-state index contributed by atoms with van der Waals surface area (Å²) in [6.45, 7) is 11.2. The fourth-order valence-electron chi connectivity index (χ4n) is 3.07. The molecule has 0 amide bonds. The minimum atomic E-state index is 0.0234. The first-order valence-electron chi connectivity index (χ1n) is 9.91. The van der Waals surface area contributed by atoms with Gasteiger partial charge in [0.05, 0.1) is 18.8 Å². The van der Waals surface area contributed by atoms with Gasteiger partial charge in [0, 0.05) is 18.6 Å². The Bertz CT molecular complexity index is 532. The van der Waals surface area contributed by atoms with Gasteiger partial charge in [0.2, 0.25) is 0 Å². The molecule has 1 unspecified atom stereocenters. The summed E-state index contributed by atoms with van der Waals surface area (Å²) in [5, 5.41) is 6.91. The zero-order valence-corrected chi connectivity index (χ0v) is 17.2. The standard InChI is InChI=1S/C20H37N5O/c1-6-21-19(23-16-20(2,3)24(4)5)22-15-17(18-11-10-14-26-18)25-12-8-7-9-13-25/h10-11,14,17H,6-9,12-13,15-16H2,1-5H3,(H2,21,22,23). The third-order valence-corrected chi connectivity index (χ3v) is 5.34. The van der Waals surface area contributed by atoms with Crippen molar-refractivity contribution in [1.29, 1.82) is 0 Å². The van der Waals surface area contributed by atoms with Crippen LogP contribution in [0.2, 0.25) is 0 Å². The largest absolute Gasteiger partial charge is 0.468 e. The van der Waals surface area contributed by atoms with E-state index in [9.17, 15) is 0 Å². The molecule has 26 heavy (non-hydrogen) atoms. The van der Waals surface area contributed by atoms with Crippen LogP contribution < -0.4 is 10.6 Å². The SMILES string of the molecule is CCNC(=NCC(C)(C)N(C)C)NCC(c1ccco1)N1CCCCC1. The fraction of sp³-hybridized carbons (Fsp3) is 0.750. The first kappa shape index (κ1) is 20.8. The molecule has 1 saturated heterocycles. The Morgan fingerprint density at radius 3 is 2.58 bits per heavy atom. The number of furan rings is 1. The molecule has 1 fully saturated rings. The van der Waals surface area contributed by atoms with Crippen LogP contribution in [-0.2, 0) is 0 Å². The molecule has 2 rings (SSSR count). The van der Waals surface area contributed by atoms with Gasteiger partial charge in [-0.2, -0.15) is 0 Å². The smallest absolute Gasteiger partial charge is 0.191 e. The Morgan fingerprint density at radius 1 is 1.27 bits per heavy atom. The number of nitrogens with zero attached hydrogens (tertiary/aromatic N) is 3. The van der Waals surface area contributed by atoms with Gasteiger partial charge in [0.1, 0.15) is 5.76 Å². The average molecular weight is 364 g/mol. The maximum absolute atomic E-state index is 5.74. The summed E-state index contributed by atoms with van der Waals surface area (Å²) in [4.78, 5) is 9.55. The number of guanidine groups is 1. The number of hydrogen-bond donors (Lipinski definition) is 2. The minimum Gasteiger partial charge on any atom is -0.468 e. The third kappa shape index (κ3) is 6.02. The lowest BCUT2D eigenvalue weighted by Crippen LogP contribution is -2.46. The first-order valence-corrected chi connectivity index (χ1v) is 9.91. The van der Waals surface area contributed by atoms with E-state index in [2.05, 4.69) is 61.4 Å². The van der Waals surface area contributed by atoms with Crippen molar-refractivity contribution >= 4 is 5.96 Å². The Morgan fingerprint density at radius 2 is 2.00 bits per heavy atom. The van der Waals surface area contributed by atoms with Crippen molar-refractivity contribution in [3.8, 4) is 0 Å². The van der Waals surface area contributed by atoms with E-state index in [1.165, 1.54) is 19.3 Å². The molecule has 1 aliphatic rings. The quantitative estimate of drug-likeness (QED) is 0.549. The second-order valence-corrected chi connectivity index (χ2v) is 7.91. The summed E-state index contributed by atoms with van der Waals surface area (Å²) in [6, 6.07) is 4.31. The predicted octanol–water partition coefficient (Wildman–Crippen LogP) is 2.70. The molecule has 148 valence electrons. The normalized spacial score (nSPS) is 18.2. The summed E-state index contributed by atoms with van der Waals surface area (Å²) in [5.74, 6) is 1.90. The molecular formula is C20H37N5O. The second kappa shape index (κ2) is 9.97. The topological polar surface area (TPSA) is 56.0 Å². The molecule has 1 aromatic rings. The van der Waals surface area contributed by atoms with Crippen LogP contribution in [0.25, 0.3) is 0 Å². The summed E-state index contributed by atoms with van der Waals surface area (Å²) < 4.78 is 5.74. The maximum Gasteiger partial charge on any atom is 0.191 e. The van der Waals surface area contributed by atoms with Gasteiger partial charge in [-0.15, -0.1) is 0 Å². The Balaban J connectivity index is 2.03. The van der Waals surface area contributed by atoms with Crippen LogP contribution in [0.5, 0.6) is 0 Å². The fourth-order valence-corrected chi connectivity index (χ4v) is 3.07. The number of likely N-dealkylation sites (tertiary alicyclic amines) is 1. The zero-order chi connectivity index (χ0) is 19.0. The summed E-state index contributed by atoms with van der Waals surface area (Å²) in [6.07, 6.45) is 5.63. The van der Waals surface area contributed by atoms with Crippen LogP contribution in [0.15, 0.2) is 27.8 Å². The van der Waals surface area contributed by atoms with Gasteiger partial charge in [-0.1, -0.05) is 6.42 Å². The van der Waals surface area contributed by atoms with Gasteiger partial charge < -0.3 is 20.0 Å². The first-order chi connectivity index (χ1) is 12.4. The number of hydrogen-bond acceptors (Lipinski definition) is 4. The molecule has 0 aromatic carbocycles. The average Bonchev–Trinajstić information content (AvgIpc) is 3.15. The van der Waals surface area contributed by atoms with Crippen LogP contribution >= 0.6 is 0 Å². The van der Waals surface area contributed by atoms with E-state index in [0.29, 0.717) is 0 Å². The minimum absolute atomic E-state index is 0.0234. The van der Waals surface area contributed by atoms with E-state index in [4.69, 9.17) is 9.41 Å². The monoisotopic (exact) mass is 363 g/mol. The number of aliphatic imine (C=N–C) groups is 1. The van der Waals surface area contributed by atoms with Gasteiger partial charge in [-0.05, 0) is 72.9 Å². The van der Waals surface area contributed by atoms with E-state index >= 15 is 0 Å². The predicted molar refractivity (Wildman–Crippen MR) is 109 cm³/mol. The summed E-state index contributed by atoms with van der Waals surface area (Å²) in [7, 11) is 4.19. The number of likely N-dealkylation sites (N-methyl/N-ethyl adjacent to an activating group) is 1. The molecule has 0 bridgehead atoms. The van der Waals surface area contributed by atoms with Crippen molar-refractivity contribution in [1.82, 2.24) is 20.4 Å². The molecule has 0 aliphatic carbocycles. The Hall–Kier alpha value is -1.53. The molecule has 6 heteroatoms. The summed E-state index contributed by atoms with van der Waals surface area (Å²) in [5.41, 5.74) is 0.0234. The molecule has 1 atom stereocenters. The van der Waals surface area contributed by atoms with Gasteiger partial charge in [-0.3, -0.25) is 9.89 Å². The summed E-state index contributed by atoms with van der Waals surface area (Å²) >= 11 is 0. The molecule has 2 heterocycles. The van der Waals surface area contributed by atoms with Crippen molar-refractivity contribution in [2.45, 2.75) is 51.6 Å². The number of piperidine rings is 1. The molecule has 1 aliphatic heterocycles. The van der Waals surface area contributed by atoms with E-state index in [1.807, 2.05) is 6.07 Å². The molecule has 2 N–H and O–H groups in total. The van der Waals surface area contributed by atoms with Crippen LogP contribution in [0.4, 0.5) is 0 Å². The van der Waals surface area contributed by atoms with Crippen molar-refractivity contribution < 1.29 is 4.42 Å². The maximum atomic E-state index is 5.74. The lowest BCUT2D eigenvalue weighted by Gasteiger charge is -2.34. The molecule has 0 spiro atoms.